The molecule has 0 aromatic heterocycles. The maximum atomic E-state index is 4.23. The first-order valence-electron chi connectivity index (χ1n) is 7.05. The molecular formula is C15H34N2S. The summed E-state index contributed by atoms with van der Waals surface area (Å²) in [5.41, 5.74) is 1.04. The SMILES string of the molecule is C=CC1=C(C)N=C(C)NS1.CC.CC.CC.CC. The van der Waals surface area contributed by atoms with E-state index in [1.807, 2.05) is 75.3 Å². The molecule has 0 unspecified atom stereocenters. The molecule has 1 aliphatic heterocycles. The van der Waals surface area contributed by atoms with Crippen LogP contribution in [-0.4, -0.2) is 5.84 Å². The summed E-state index contributed by atoms with van der Waals surface area (Å²) in [7, 11) is 0. The fourth-order valence-corrected chi connectivity index (χ4v) is 1.30. The Morgan fingerprint density at radius 3 is 1.61 bits per heavy atom. The Labute approximate surface area is 120 Å². The second-order valence-corrected chi connectivity index (χ2v) is 2.90. The Hall–Kier alpha value is -0.700. The molecule has 0 aromatic rings. The van der Waals surface area contributed by atoms with Crippen LogP contribution in [0.1, 0.15) is 69.2 Å². The summed E-state index contributed by atoms with van der Waals surface area (Å²) in [4.78, 5) is 5.33. The van der Waals surface area contributed by atoms with Crippen molar-refractivity contribution in [1.82, 2.24) is 4.72 Å². The highest BCUT2D eigenvalue weighted by atomic mass is 32.2. The van der Waals surface area contributed by atoms with Crippen LogP contribution in [-0.2, 0) is 0 Å². The lowest BCUT2D eigenvalue weighted by Crippen LogP contribution is -2.15. The van der Waals surface area contributed by atoms with E-state index in [0.717, 1.165) is 16.4 Å². The van der Waals surface area contributed by atoms with Gasteiger partial charge in [-0.15, -0.1) is 0 Å². The molecule has 1 heterocycles. The highest BCUT2D eigenvalue weighted by molar-refractivity contribution is 8.02. The predicted molar refractivity (Wildman–Crippen MR) is 92.1 cm³/mol. The van der Waals surface area contributed by atoms with E-state index in [4.69, 9.17) is 0 Å². The molecule has 0 saturated heterocycles. The Balaban J connectivity index is -0.000000105. The maximum Gasteiger partial charge on any atom is 0.109 e. The van der Waals surface area contributed by atoms with Crippen LogP contribution in [0.15, 0.2) is 28.2 Å². The average molecular weight is 275 g/mol. The summed E-state index contributed by atoms with van der Waals surface area (Å²) in [6.07, 6.45) is 1.81. The van der Waals surface area contributed by atoms with E-state index >= 15 is 0 Å². The molecule has 0 radical (unpaired) electrons. The zero-order valence-electron chi connectivity index (χ0n) is 14.1. The van der Waals surface area contributed by atoms with Gasteiger partial charge in [-0.25, -0.2) is 4.99 Å². The fraction of sp³-hybridized carbons (Fsp3) is 0.667. The summed E-state index contributed by atoms with van der Waals surface area (Å²) >= 11 is 1.56. The van der Waals surface area contributed by atoms with E-state index in [9.17, 15) is 0 Å². The first kappa shape index (κ1) is 26.0. The molecule has 0 atom stereocenters. The lowest BCUT2D eigenvalue weighted by atomic mass is 10.4. The topological polar surface area (TPSA) is 24.4 Å². The molecule has 18 heavy (non-hydrogen) atoms. The Morgan fingerprint density at radius 1 is 0.944 bits per heavy atom. The van der Waals surface area contributed by atoms with Gasteiger partial charge in [0.1, 0.15) is 5.84 Å². The maximum absolute atomic E-state index is 4.23. The number of nitrogens with zero attached hydrogens (tertiary/aromatic N) is 1. The molecular weight excluding hydrogens is 240 g/mol. The van der Waals surface area contributed by atoms with Crippen molar-refractivity contribution in [3.05, 3.63) is 23.3 Å². The third-order valence-electron chi connectivity index (χ3n) is 1.19. The molecule has 0 aromatic carbocycles. The summed E-state index contributed by atoms with van der Waals surface area (Å²) in [6.45, 7) is 23.6. The largest absolute Gasteiger partial charge is 0.314 e. The van der Waals surface area contributed by atoms with Gasteiger partial charge in [0.25, 0.3) is 0 Å². The molecule has 0 aliphatic carbocycles. The van der Waals surface area contributed by atoms with E-state index in [0.29, 0.717) is 0 Å². The fourth-order valence-electron chi connectivity index (χ4n) is 0.722. The minimum Gasteiger partial charge on any atom is -0.314 e. The summed E-state index contributed by atoms with van der Waals surface area (Å²) in [5.74, 6) is 0.952. The monoisotopic (exact) mass is 274 g/mol. The van der Waals surface area contributed by atoms with E-state index in [2.05, 4.69) is 16.3 Å². The molecule has 1 N–H and O–H groups in total. The second kappa shape index (κ2) is 25.2. The molecule has 3 heteroatoms. The third-order valence-corrected chi connectivity index (χ3v) is 2.27. The van der Waals surface area contributed by atoms with Crippen LogP contribution in [0.3, 0.4) is 0 Å². The first-order chi connectivity index (χ1) is 8.74. The van der Waals surface area contributed by atoms with Gasteiger partial charge < -0.3 is 4.72 Å². The van der Waals surface area contributed by atoms with Crippen molar-refractivity contribution in [3.63, 3.8) is 0 Å². The molecule has 1 rings (SSSR count). The van der Waals surface area contributed by atoms with Gasteiger partial charge in [-0.3, -0.25) is 0 Å². The van der Waals surface area contributed by atoms with Gasteiger partial charge in [-0.2, -0.15) is 0 Å². The molecule has 0 saturated carbocycles. The van der Waals surface area contributed by atoms with Gasteiger partial charge in [-0.1, -0.05) is 68.0 Å². The zero-order chi connectivity index (χ0) is 15.6. The number of hydrogen-bond acceptors (Lipinski definition) is 3. The van der Waals surface area contributed by atoms with Crippen molar-refractivity contribution in [2.45, 2.75) is 69.2 Å². The van der Waals surface area contributed by atoms with Gasteiger partial charge in [0.05, 0.1) is 5.70 Å². The van der Waals surface area contributed by atoms with Crippen LogP contribution in [0.4, 0.5) is 0 Å². The third kappa shape index (κ3) is 15.3. The van der Waals surface area contributed by atoms with E-state index in [1.54, 1.807) is 11.9 Å². The molecule has 2 nitrogen and oxygen atoms in total. The Kier molecular flexibility index (Phi) is 36.4. The van der Waals surface area contributed by atoms with Crippen molar-refractivity contribution >= 4 is 17.8 Å². The molecule has 0 spiro atoms. The normalized spacial score (nSPS) is 11.3. The van der Waals surface area contributed by atoms with Crippen LogP contribution in [0.5, 0.6) is 0 Å². The number of allylic oxidation sites excluding steroid dienone is 2. The summed E-state index contributed by atoms with van der Waals surface area (Å²) in [6, 6.07) is 0. The number of rotatable bonds is 1. The van der Waals surface area contributed by atoms with Crippen molar-refractivity contribution < 1.29 is 0 Å². The average Bonchev–Trinajstić information content (AvgIpc) is 2.48. The van der Waals surface area contributed by atoms with Crippen molar-refractivity contribution in [1.29, 1.82) is 0 Å². The Morgan fingerprint density at radius 2 is 1.33 bits per heavy atom. The molecule has 0 amide bonds. The van der Waals surface area contributed by atoms with E-state index in [-0.39, 0.29) is 0 Å². The lowest BCUT2D eigenvalue weighted by Gasteiger charge is -2.12. The summed E-state index contributed by atoms with van der Waals surface area (Å²) < 4.78 is 3.05. The van der Waals surface area contributed by atoms with Crippen LogP contribution in [0, 0.1) is 0 Å². The van der Waals surface area contributed by atoms with Crippen LogP contribution >= 0.6 is 11.9 Å². The minimum atomic E-state index is 0.952. The Bertz CT molecular complexity index is 219. The first-order valence-corrected chi connectivity index (χ1v) is 7.87. The molecule has 0 fully saturated rings. The van der Waals surface area contributed by atoms with Crippen LogP contribution in [0.2, 0.25) is 0 Å². The van der Waals surface area contributed by atoms with Crippen molar-refractivity contribution in [2.24, 2.45) is 4.99 Å². The highest BCUT2D eigenvalue weighted by Crippen LogP contribution is 2.21. The quantitative estimate of drug-likeness (QED) is 0.577. The van der Waals surface area contributed by atoms with Gasteiger partial charge in [0, 0.05) is 4.91 Å². The zero-order valence-corrected chi connectivity index (χ0v) is 15.0. The predicted octanol–water partition coefficient (Wildman–Crippen LogP) is 6.18. The smallest absolute Gasteiger partial charge is 0.109 e. The highest BCUT2D eigenvalue weighted by Gasteiger charge is 2.05. The van der Waals surface area contributed by atoms with Gasteiger partial charge in [0.15, 0.2) is 0 Å². The van der Waals surface area contributed by atoms with Gasteiger partial charge >= 0.3 is 0 Å². The number of amidine groups is 1. The van der Waals surface area contributed by atoms with Gasteiger partial charge in [0.2, 0.25) is 0 Å². The number of hydrogen-bond donors (Lipinski definition) is 1. The molecule has 1 aliphatic rings. The standard InChI is InChI=1S/C7H10N2S.4C2H6/c1-4-7-5(2)8-6(3)9-10-7;4*1-2/h4H,1H2,2-3H3,(H,8,9);4*1-2H3. The van der Waals surface area contributed by atoms with Crippen molar-refractivity contribution in [2.75, 3.05) is 0 Å². The van der Waals surface area contributed by atoms with Gasteiger partial charge in [-0.05, 0) is 25.8 Å². The van der Waals surface area contributed by atoms with E-state index in [1.165, 1.54) is 0 Å². The molecule has 0 bridgehead atoms. The van der Waals surface area contributed by atoms with Crippen molar-refractivity contribution in [3.8, 4) is 0 Å². The minimum absolute atomic E-state index is 0.952. The van der Waals surface area contributed by atoms with Crippen LogP contribution in [0.25, 0.3) is 0 Å². The number of aliphatic imine (C=N–C) groups is 1. The second-order valence-electron chi connectivity index (χ2n) is 2.06. The summed E-state index contributed by atoms with van der Waals surface area (Å²) in [5, 5.41) is 0. The van der Waals surface area contributed by atoms with E-state index < -0.39 is 0 Å². The number of nitrogens with one attached hydrogen (secondary N) is 1. The van der Waals surface area contributed by atoms with Crippen LogP contribution < -0.4 is 4.72 Å². The lowest BCUT2D eigenvalue weighted by molar-refractivity contribution is 1.23. The molecule has 110 valence electrons.